The van der Waals surface area contributed by atoms with Crippen LogP contribution in [0, 0.1) is 5.92 Å². The summed E-state index contributed by atoms with van der Waals surface area (Å²) in [6.07, 6.45) is 5.45. The Labute approximate surface area is 115 Å². The molecule has 0 aromatic heterocycles. The normalized spacial score (nSPS) is 29.1. The lowest BCUT2D eigenvalue weighted by atomic mass is 9.99. The van der Waals surface area contributed by atoms with Gasteiger partial charge in [-0.2, -0.15) is 0 Å². The Morgan fingerprint density at radius 1 is 1.32 bits per heavy atom. The molecule has 0 saturated carbocycles. The molecule has 2 heterocycles. The SMILES string of the molecule is O=C(NC[C@H]1CCCCN1CCO)[C@H]1CCCOC1. The molecule has 5 nitrogen and oxygen atoms in total. The molecule has 0 unspecified atom stereocenters. The van der Waals surface area contributed by atoms with Gasteiger partial charge in [0.25, 0.3) is 0 Å². The first-order chi connectivity index (χ1) is 9.31. The van der Waals surface area contributed by atoms with E-state index in [2.05, 4.69) is 10.2 Å². The summed E-state index contributed by atoms with van der Waals surface area (Å²) in [6.45, 7) is 4.00. The van der Waals surface area contributed by atoms with Gasteiger partial charge in [-0.15, -0.1) is 0 Å². The molecule has 2 aliphatic rings. The number of nitrogens with zero attached hydrogens (tertiary/aromatic N) is 1. The van der Waals surface area contributed by atoms with Gasteiger partial charge in [0.05, 0.1) is 19.1 Å². The van der Waals surface area contributed by atoms with Gasteiger partial charge in [0, 0.05) is 25.7 Å². The number of likely N-dealkylation sites (tertiary alicyclic amines) is 1. The third kappa shape index (κ3) is 4.44. The van der Waals surface area contributed by atoms with Crippen molar-refractivity contribution in [2.75, 3.05) is 39.5 Å². The molecule has 0 spiro atoms. The molecule has 2 atom stereocenters. The van der Waals surface area contributed by atoms with Crippen molar-refractivity contribution in [2.24, 2.45) is 5.92 Å². The average Bonchev–Trinajstić information content (AvgIpc) is 2.47. The number of piperidine rings is 1. The number of hydrogen-bond donors (Lipinski definition) is 2. The molecule has 2 N–H and O–H groups in total. The van der Waals surface area contributed by atoms with Crippen molar-refractivity contribution in [1.29, 1.82) is 0 Å². The first-order valence-electron chi connectivity index (χ1n) is 7.51. The second-order valence-electron chi connectivity index (χ2n) is 5.57. The van der Waals surface area contributed by atoms with Crippen LogP contribution in [0.5, 0.6) is 0 Å². The van der Waals surface area contributed by atoms with Crippen LogP contribution >= 0.6 is 0 Å². The van der Waals surface area contributed by atoms with E-state index in [-0.39, 0.29) is 18.4 Å². The summed E-state index contributed by atoms with van der Waals surface area (Å²) in [7, 11) is 0. The van der Waals surface area contributed by atoms with Gasteiger partial charge in [-0.25, -0.2) is 0 Å². The Hall–Kier alpha value is -0.650. The van der Waals surface area contributed by atoms with E-state index in [0.29, 0.717) is 25.7 Å². The minimum absolute atomic E-state index is 0.0311. The van der Waals surface area contributed by atoms with E-state index in [0.717, 1.165) is 32.4 Å². The van der Waals surface area contributed by atoms with Gasteiger partial charge < -0.3 is 15.2 Å². The summed E-state index contributed by atoms with van der Waals surface area (Å²) in [6, 6.07) is 0.384. The molecule has 0 bridgehead atoms. The Balaban J connectivity index is 1.74. The molecule has 0 aliphatic carbocycles. The molecule has 2 fully saturated rings. The first-order valence-corrected chi connectivity index (χ1v) is 7.51. The van der Waals surface area contributed by atoms with Crippen LogP contribution in [0.2, 0.25) is 0 Å². The van der Waals surface area contributed by atoms with Crippen LogP contribution in [0.1, 0.15) is 32.1 Å². The smallest absolute Gasteiger partial charge is 0.225 e. The monoisotopic (exact) mass is 270 g/mol. The molecule has 2 rings (SSSR count). The van der Waals surface area contributed by atoms with Crippen LogP contribution in [-0.2, 0) is 9.53 Å². The third-order valence-corrected chi connectivity index (χ3v) is 4.18. The van der Waals surface area contributed by atoms with Crippen LogP contribution in [0.4, 0.5) is 0 Å². The molecule has 110 valence electrons. The zero-order valence-corrected chi connectivity index (χ0v) is 11.6. The molecule has 1 amide bonds. The zero-order valence-electron chi connectivity index (χ0n) is 11.6. The fourth-order valence-electron chi connectivity index (χ4n) is 3.02. The number of rotatable bonds is 5. The van der Waals surface area contributed by atoms with Crippen molar-refractivity contribution < 1.29 is 14.6 Å². The number of amides is 1. The third-order valence-electron chi connectivity index (χ3n) is 4.18. The minimum atomic E-state index is 0.0311. The van der Waals surface area contributed by atoms with E-state index >= 15 is 0 Å². The maximum Gasteiger partial charge on any atom is 0.225 e. The van der Waals surface area contributed by atoms with Crippen molar-refractivity contribution in [2.45, 2.75) is 38.1 Å². The molecule has 5 heteroatoms. The average molecular weight is 270 g/mol. The highest BCUT2D eigenvalue weighted by Gasteiger charge is 2.25. The fourth-order valence-corrected chi connectivity index (χ4v) is 3.02. The summed E-state index contributed by atoms with van der Waals surface area (Å²) in [5, 5.41) is 12.1. The van der Waals surface area contributed by atoms with E-state index in [1.54, 1.807) is 0 Å². The van der Waals surface area contributed by atoms with Gasteiger partial charge in [0.15, 0.2) is 0 Å². The zero-order chi connectivity index (χ0) is 13.5. The summed E-state index contributed by atoms with van der Waals surface area (Å²) in [4.78, 5) is 14.3. The lowest BCUT2D eigenvalue weighted by Crippen LogP contribution is -2.49. The lowest BCUT2D eigenvalue weighted by molar-refractivity contribution is -0.129. The first kappa shape index (κ1) is 14.8. The summed E-state index contributed by atoms with van der Waals surface area (Å²) < 4.78 is 5.35. The molecule has 19 heavy (non-hydrogen) atoms. The van der Waals surface area contributed by atoms with Gasteiger partial charge in [-0.3, -0.25) is 9.69 Å². The standard InChI is InChI=1S/C14H26N2O3/c17-8-7-16-6-2-1-5-13(16)10-15-14(18)12-4-3-9-19-11-12/h12-13,17H,1-11H2,(H,15,18)/t12-,13+/m0/s1. The summed E-state index contributed by atoms with van der Waals surface area (Å²) >= 11 is 0. The van der Waals surface area contributed by atoms with Gasteiger partial charge in [-0.1, -0.05) is 6.42 Å². The van der Waals surface area contributed by atoms with E-state index < -0.39 is 0 Å². The molecule has 2 saturated heterocycles. The minimum Gasteiger partial charge on any atom is -0.395 e. The maximum absolute atomic E-state index is 12.0. The number of carbonyl (C=O) groups is 1. The van der Waals surface area contributed by atoms with Crippen molar-refractivity contribution in [1.82, 2.24) is 10.2 Å². The van der Waals surface area contributed by atoms with E-state index in [9.17, 15) is 4.79 Å². The maximum atomic E-state index is 12.0. The van der Waals surface area contributed by atoms with Gasteiger partial charge in [-0.05, 0) is 32.2 Å². The largest absolute Gasteiger partial charge is 0.395 e. The highest BCUT2D eigenvalue weighted by atomic mass is 16.5. The van der Waals surface area contributed by atoms with Crippen LogP contribution in [0.15, 0.2) is 0 Å². The number of aliphatic hydroxyl groups is 1. The fraction of sp³-hybridized carbons (Fsp3) is 0.929. The molecular weight excluding hydrogens is 244 g/mol. The van der Waals surface area contributed by atoms with Crippen LogP contribution < -0.4 is 5.32 Å². The van der Waals surface area contributed by atoms with Crippen molar-refractivity contribution >= 4 is 5.91 Å². The van der Waals surface area contributed by atoms with Crippen LogP contribution in [-0.4, -0.2) is 61.4 Å². The van der Waals surface area contributed by atoms with Crippen molar-refractivity contribution in [3.05, 3.63) is 0 Å². The number of β-amino-alcohol motifs (C(OH)–C–C–N with tert-alkyl or cyclic N) is 1. The van der Waals surface area contributed by atoms with Crippen LogP contribution in [0.25, 0.3) is 0 Å². The molecular formula is C14H26N2O3. The summed E-state index contributed by atoms with van der Waals surface area (Å²) in [5.41, 5.74) is 0. The Kier molecular flexibility index (Phi) is 6.07. The second-order valence-corrected chi connectivity index (χ2v) is 5.57. The summed E-state index contributed by atoms with van der Waals surface area (Å²) in [5.74, 6) is 0.165. The number of carbonyl (C=O) groups excluding carboxylic acids is 1. The molecule has 2 aliphatic heterocycles. The highest BCUT2D eigenvalue weighted by Crippen LogP contribution is 2.17. The van der Waals surface area contributed by atoms with Gasteiger partial charge >= 0.3 is 0 Å². The lowest BCUT2D eigenvalue weighted by Gasteiger charge is -2.35. The second kappa shape index (κ2) is 7.82. The Morgan fingerprint density at radius 2 is 2.21 bits per heavy atom. The van der Waals surface area contributed by atoms with Crippen molar-refractivity contribution in [3.8, 4) is 0 Å². The number of aliphatic hydroxyl groups excluding tert-OH is 1. The van der Waals surface area contributed by atoms with E-state index in [4.69, 9.17) is 9.84 Å². The number of ether oxygens (including phenoxy) is 1. The molecule has 0 radical (unpaired) electrons. The van der Waals surface area contributed by atoms with Gasteiger partial charge in [0.2, 0.25) is 5.91 Å². The van der Waals surface area contributed by atoms with Crippen LogP contribution in [0.3, 0.4) is 0 Å². The number of hydrogen-bond acceptors (Lipinski definition) is 4. The Morgan fingerprint density at radius 3 is 2.95 bits per heavy atom. The quantitative estimate of drug-likeness (QED) is 0.758. The Bertz CT molecular complexity index is 278. The van der Waals surface area contributed by atoms with E-state index in [1.807, 2.05) is 0 Å². The predicted molar refractivity (Wildman–Crippen MR) is 72.9 cm³/mol. The number of nitrogens with one attached hydrogen (secondary N) is 1. The molecule has 0 aromatic rings. The topological polar surface area (TPSA) is 61.8 Å². The highest BCUT2D eigenvalue weighted by molar-refractivity contribution is 5.78. The predicted octanol–water partition coefficient (Wildman–Crippen LogP) is 0.376. The molecule has 0 aromatic carbocycles. The van der Waals surface area contributed by atoms with E-state index in [1.165, 1.54) is 12.8 Å². The van der Waals surface area contributed by atoms with Gasteiger partial charge in [0.1, 0.15) is 0 Å². The van der Waals surface area contributed by atoms with Crippen molar-refractivity contribution in [3.63, 3.8) is 0 Å².